The van der Waals surface area contributed by atoms with Gasteiger partial charge in [-0.3, -0.25) is 0 Å². The van der Waals surface area contributed by atoms with Gasteiger partial charge >= 0.3 is 0 Å². The van der Waals surface area contributed by atoms with E-state index in [1.165, 1.54) is 32.1 Å². The Morgan fingerprint density at radius 3 is 2.50 bits per heavy atom. The molecule has 0 bridgehead atoms. The topological polar surface area (TPSA) is 26.0 Å². The highest BCUT2D eigenvalue weighted by atomic mass is 14.6. The van der Waals surface area contributed by atoms with E-state index in [2.05, 4.69) is 6.58 Å². The van der Waals surface area contributed by atoms with Crippen molar-refractivity contribution in [3.05, 3.63) is 12.2 Å². The third-order valence-electron chi connectivity index (χ3n) is 2.94. The second-order valence-electron chi connectivity index (χ2n) is 4.19. The van der Waals surface area contributed by atoms with Crippen LogP contribution in [0.5, 0.6) is 0 Å². The van der Waals surface area contributed by atoms with E-state index >= 15 is 0 Å². The third-order valence-corrected chi connectivity index (χ3v) is 2.94. The second kappa shape index (κ2) is 4.66. The smallest absolute Gasteiger partial charge is 0.0250 e. The van der Waals surface area contributed by atoms with Crippen LogP contribution >= 0.6 is 0 Å². The SMILES string of the molecule is C=C(C)[C@H](N)CC1CCCCC1. The fourth-order valence-corrected chi connectivity index (χ4v) is 1.98. The minimum atomic E-state index is 0.244. The van der Waals surface area contributed by atoms with Gasteiger partial charge in [0.05, 0.1) is 0 Å². The normalized spacial score (nSPS) is 22.2. The molecule has 0 aromatic rings. The molecule has 2 N–H and O–H groups in total. The Balaban J connectivity index is 2.24. The summed E-state index contributed by atoms with van der Waals surface area (Å²) in [5.41, 5.74) is 7.09. The molecule has 1 atom stereocenters. The van der Waals surface area contributed by atoms with E-state index in [0.29, 0.717) is 0 Å². The molecule has 0 heterocycles. The summed E-state index contributed by atoms with van der Waals surface area (Å²) in [4.78, 5) is 0. The largest absolute Gasteiger partial charge is 0.324 e. The van der Waals surface area contributed by atoms with Crippen molar-refractivity contribution in [1.82, 2.24) is 0 Å². The lowest BCUT2D eigenvalue weighted by atomic mass is 9.84. The molecule has 0 radical (unpaired) electrons. The van der Waals surface area contributed by atoms with Crippen LogP contribution < -0.4 is 5.73 Å². The van der Waals surface area contributed by atoms with E-state index in [4.69, 9.17) is 5.73 Å². The fourth-order valence-electron chi connectivity index (χ4n) is 1.98. The summed E-state index contributed by atoms with van der Waals surface area (Å²) in [6.07, 6.45) is 8.19. The molecular weight excluding hydrogens is 146 g/mol. The first kappa shape index (κ1) is 9.79. The highest BCUT2D eigenvalue weighted by molar-refractivity contribution is 5.00. The minimum absolute atomic E-state index is 0.244. The highest BCUT2D eigenvalue weighted by Gasteiger charge is 2.16. The van der Waals surface area contributed by atoms with Gasteiger partial charge in [-0.05, 0) is 19.3 Å². The van der Waals surface area contributed by atoms with Crippen LogP contribution in [-0.2, 0) is 0 Å². The standard InChI is InChI=1S/C11H21N/c1-9(2)11(12)8-10-6-4-3-5-7-10/h10-11H,1,3-8,12H2,2H3/t11-/m1/s1. The van der Waals surface area contributed by atoms with Crippen LogP contribution in [0.3, 0.4) is 0 Å². The Morgan fingerprint density at radius 1 is 1.42 bits per heavy atom. The molecule has 12 heavy (non-hydrogen) atoms. The molecule has 1 heteroatoms. The van der Waals surface area contributed by atoms with Crippen molar-refractivity contribution in [2.24, 2.45) is 11.7 Å². The molecule has 0 aliphatic heterocycles. The van der Waals surface area contributed by atoms with Gasteiger partial charge in [-0.2, -0.15) is 0 Å². The molecule has 0 aromatic heterocycles. The van der Waals surface area contributed by atoms with Crippen molar-refractivity contribution in [3.63, 3.8) is 0 Å². The predicted molar refractivity (Wildman–Crippen MR) is 54.0 cm³/mol. The van der Waals surface area contributed by atoms with E-state index in [0.717, 1.165) is 17.9 Å². The molecular formula is C11H21N. The molecule has 1 nitrogen and oxygen atoms in total. The average Bonchev–Trinajstić information content (AvgIpc) is 2.06. The van der Waals surface area contributed by atoms with Crippen LogP contribution in [0.15, 0.2) is 12.2 Å². The Hall–Kier alpha value is -0.300. The molecule has 1 fully saturated rings. The lowest BCUT2D eigenvalue weighted by molar-refractivity contribution is 0.327. The van der Waals surface area contributed by atoms with E-state index in [1.807, 2.05) is 6.92 Å². The number of hydrogen-bond donors (Lipinski definition) is 1. The lowest BCUT2D eigenvalue weighted by Crippen LogP contribution is -2.25. The fraction of sp³-hybridized carbons (Fsp3) is 0.818. The summed E-state index contributed by atoms with van der Waals surface area (Å²) in [7, 11) is 0. The Bertz CT molecular complexity index is 145. The summed E-state index contributed by atoms with van der Waals surface area (Å²) in [5.74, 6) is 0.880. The Kier molecular flexibility index (Phi) is 3.80. The van der Waals surface area contributed by atoms with Crippen LogP contribution in [0, 0.1) is 5.92 Å². The number of hydrogen-bond acceptors (Lipinski definition) is 1. The van der Waals surface area contributed by atoms with Crippen molar-refractivity contribution < 1.29 is 0 Å². The summed E-state index contributed by atoms with van der Waals surface area (Å²) in [6.45, 7) is 5.93. The minimum Gasteiger partial charge on any atom is -0.324 e. The van der Waals surface area contributed by atoms with Gasteiger partial charge in [-0.1, -0.05) is 44.3 Å². The third kappa shape index (κ3) is 2.98. The van der Waals surface area contributed by atoms with Gasteiger partial charge in [0.2, 0.25) is 0 Å². The van der Waals surface area contributed by atoms with Crippen molar-refractivity contribution in [3.8, 4) is 0 Å². The molecule has 1 saturated carbocycles. The molecule has 0 amide bonds. The van der Waals surface area contributed by atoms with Crippen LogP contribution in [0.25, 0.3) is 0 Å². The molecule has 0 unspecified atom stereocenters. The maximum absolute atomic E-state index is 5.95. The van der Waals surface area contributed by atoms with Gasteiger partial charge in [-0.15, -0.1) is 0 Å². The maximum atomic E-state index is 5.95. The second-order valence-corrected chi connectivity index (χ2v) is 4.19. The summed E-state index contributed by atoms with van der Waals surface area (Å²) < 4.78 is 0. The van der Waals surface area contributed by atoms with Gasteiger partial charge < -0.3 is 5.73 Å². The highest BCUT2D eigenvalue weighted by Crippen LogP contribution is 2.27. The van der Waals surface area contributed by atoms with E-state index in [1.54, 1.807) is 0 Å². The molecule has 0 aromatic carbocycles. The monoisotopic (exact) mass is 167 g/mol. The molecule has 0 saturated heterocycles. The van der Waals surface area contributed by atoms with Gasteiger partial charge in [0, 0.05) is 6.04 Å². The first-order valence-electron chi connectivity index (χ1n) is 5.11. The first-order valence-corrected chi connectivity index (χ1v) is 5.11. The summed E-state index contributed by atoms with van der Waals surface area (Å²) in [6, 6.07) is 0.244. The zero-order valence-corrected chi connectivity index (χ0v) is 8.18. The van der Waals surface area contributed by atoms with E-state index in [9.17, 15) is 0 Å². The number of rotatable bonds is 3. The summed E-state index contributed by atoms with van der Waals surface area (Å²) in [5, 5.41) is 0. The van der Waals surface area contributed by atoms with Crippen LogP contribution in [0.2, 0.25) is 0 Å². The van der Waals surface area contributed by atoms with Crippen LogP contribution in [0.4, 0.5) is 0 Å². The lowest BCUT2D eigenvalue weighted by Gasteiger charge is -2.24. The first-order chi connectivity index (χ1) is 5.70. The van der Waals surface area contributed by atoms with Gasteiger partial charge in [0.15, 0.2) is 0 Å². The van der Waals surface area contributed by atoms with Crippen LogP contribution in [-0.4, -0.2) is 6.04 Å². The van der Waals surface area contributed by atoms with E-state index in [-0.39, 0.29) is 6.04 Å². The Morgan fingerprint density at radius 2 is 2.00 bits per heavy atom. The average molecular weight is 167 g/mol. The molecule has 1 aliphatic carbocycles. The van der Waals surface area contributed by atoms with Crippen molar-refractivity contribution in [2.75, 3.05) is 0 Å². The molecule has 1 aliphatic rings. The quantitative estimate of drug-likeness (QED) is 0.643. The van der Waals surface area contributed by atoms with Crippen molar-refractivity contribution in [2.45, 2.75) is 51.5 Å². The van der Waals surface area contributed by atoms with Gasteiger partial charge in [-0.25, -0.2) is 0 Å². The zero-order chi connectivity index (χ0) is 8.97. The van der Waals surface area contributed by atoms with Crippen molar-refractivity contribution >= 4 is 0 Å². The number of nitrogens with two attached hydrogens (primary N) is 1. The molecule has 0 spiro atoms. The Labute approximate surface area is 76.0 Å². The summed E-state index contributed by atoms with van der Waals surface area (Å²) >= 11 is 0. The molecule has 70 valence electrons. The van der Waals surface area contributed by atoms with Crippen molar-refractivity contribution in [1.29, 1.82) is 0 Å². The van der Waals surface area contributed by atoms with Gasteiger partial charge in [0.25, 0.3) is 0 Å². The predicted octanol–water partition coefficient (Wildman–Crippen LogP) is 2.86. The van der Waals surface area contributed by atoms with Crippen LogP contribution in [0.1, 0.15) is 45.4 Å². The van der Waals surface area contributed by atoms with E-state index < -0.39 is 0 Å². The zero-order valence-electron chi connectivity index (χ0n) is 8.18. The molecule has 1 rings (SSSR count). The maximum Gasteiger partial charge on any atom is 0.0250 e. The van der Waals surface area contributed by atoms with Gasteiger partial charge in [0.1, 0.15) is 0 Å².